The van der Waals surface area contributed by atoms with Crippen LogP contribution in [0.3, 0.4) is 0 Å². The van der Waals surface area contributed by atoms with Crippen molar-refractivity contribution in [1.82, 2.24) is 14.9 Å². The first-order valence-electron chi connectivity index (χ1n) is 11.8. The van der Waals surface area contributed by atoms with Gasteiger partial charge in [0.2, 0.25) is 0 Å². The number of thiophene rings is 1. The zero-order chi connectivity index (χ0) is 23.6. The number of anilines is 1. The summed E-state index contributed by atoms with van der Waals surface area (Å²) in [4.78, 5) is 15.1. The Morgan fingerprint density at radius 3 is 2.00 bits per heavy atom. The van der Waals surface area contributed by atoms with Gasteiger partial charge in [-0.1, -0.05) is 72.8 Å². The number of halogens is 1. The average molecular weight is 481 g/mol. The SMILES string of the molecule is Fc1ccc(-c2csc3ncnc(N4CCN(C(c5ccccc5)c5ccccc5)CC4)c23)cc1. The first-order valence-corrected chi connectivity index (χ1v) is 12.7. The van der Waals surface area contributed by atoms with Crippen LogP contribution in [0, 0.1) is 5.82 Å². The fourth-order valence-electron chi connectivity index (χ4n) is 5.02. The lowest BCUT2D eigenvalue weighted by Gasteiger charge is -2.40. The molecule has 0 spiro atoms. The van der Waals surface area contributed by atoms with Gasteiger partial charge in [-0.2, -0.15) is 0 Å². The lowest BCUT2D eigenvalue weighted by molar-refractivity contribution is 0.212. The molecule has 0 radical (unpaired) electrons. The van der Waals surface area contributed by atoms with E-state index in [4.69, 9.17) is 4.98 Å². The molecule has 1 aliphatic rings. The summed E-state index contributed by atoms with van der Waals surface area (Å²) >= 11 is 1.61. The van der Waals surface area contributed by atoms with Gasteiger partial charge in [0.05, 0.1) is 11.4 Å². The summed E-state index contributed by atoms with van der Waals surface area (Å²) in [6, 6.07) is 28.4. The van der Waals surface area contributed by atoms with Crippen LogP contribution in [-0.4, -0.2) is 41.0 Å². The number of hydrogen-bond acceptors (Lipinski definition) is 5. The highest BCUT2D eigenvalue weighted by atomic mass is 32.1. The Balaban J connectivity index is 1.30. The molecule has 0 atom stereocenters. The smallest absolute Gasteiger partial charge is 0.141 e. The van der Waals surface area contributed by atoms with Crippen molar-refractivity contribution in [2.24, 2.45) is 0 Å². The van der Waals surface area contributed by atoms with E-state index in [0.29, 0.717) is 0 Å². The molecule has 0 bridgehead atoms. The summed E-state index contributed by atoms with van der Waals surface area (Å²) in [5, 5.41) is 3.16. The third-order valence-corrected chi connectivity index (χ3v) is 7.60. The summed E-state index contributed by atoms with van der Waals surface area (Å²) < 4.78 is 13.5. The minimum atomic E-state index is -0.229. The maximum Gasteiger partial charge on any atom is 0.141 e. The van der Waals surface area contributed by atoms with Crippen molar-refractivity contribution in [3.05, 3.63) is 114 Å². The predicted octanol–water partition coefficient (Wildman–Crippen LogP) is 6.41. The minimum absolute atomic E-state index is 0.223. The van der Waals surface area contributed by atoms with Crippen LogP contribution in [0.15, 0.2) is 96.6 Å². The van der Waals surface area contributed by atoms with Gasteiger partial charge in [0.15, 0.2) is 0 Å². The van der Waals surface area contributed by atoms with E-state index in [0.717, 1.165) is 53.3 Å². The maximum atomic E-state index is 13.5. The normalized spacial score (nSPS) is 14.6. The highest BCUT2D eigenvalue weighted by Crippen LogP contribution is 2.38. The van der Waals surface area contributed by atoms with Gasteiger partial charge in [-0.25, -0.2) is 14.4 Å². The molecule has 0 N–H and O–H groups in total. The van der Waals surface area contributed by atoms with Crippen LogP contribution in [-0.2, 0) is 0 Å². The quantitative estimate of drug-likeness (QED) is 0.291. The van der Waals surface area contributed by atoms with Crippen molar-refractivity contribution in [3.63, 3.8) is 0 Å². The number of benzene rings is 3. The van der Waals surface area contributed by atoms with Gasteiger partial charge in [-0.15, -0.1) is 11.3 Å². The van der Waals surface area contributed by atoms with Gasteiger partial charge in [0, 0.05) is 37.1 Å². The van der Waals surface area contributed by atoms with Crippen molar-refractivity contribution < 1.29 is 4.39 Å². The molecule has 174 valence electrons. The number of rotatable bonds is 5. The van der Waals surface area contributed by atoms with E-state index in [9.17, 15) is 4.39 Å². The van der Waals surface area contributed by atoms with Crippen molar-refractivity contribution in [2.75, 3.05) is 31.1 Å². The van der Waals surface area contributed by atoms with E-state index in [1.165, 1.54) is 23.3 Å². The topological polar surface area (TPSA) is 32.3 Å². The highest BCUT2D eigenvalue weighted by molar-refractivity contribution is 7.17. The molecule has 3 heterocycles. The van der Waals surface area contributed by atoms with E-state index in [1.807, 2.05) is 12.1 Å². The molecule has 6 rings (SSSR count). The molecular formula is C29H25FN4S. The molecular weight excluding hydrogens is 455 g/mol. The van der Waals surface area contributed by atoms with Gasteiger partial charge in [0.1, 0.15) is 22.8 Å². The summed E-state index contributed by atoms with van der Waals surface area (Å²) in [5.41, 5.74) is 4.68. The third kappa shape index (κ3) is 4.31. The minimum Gasteiger partial charge on any atom is -0.353 e. The molecule has 0 aliphatic carbocycles. The first kappa shape index (κ1) is 21.9. The number of piperazine rings is 1. The van der Waals surface area contributed by atoms with E-state index in [-0.39, 0.29) is 11.9 Å². The first-order chi connectivity index (χ1) is 17.3. The van der Waals surface area contributed by atoms with E-state index < -0.39 is 0 Å². The van der Waals surface area contributed by atoms with Gasteiger partial charge in [0.25, 0.3) is 0 Å². The zero-order valence-electron chi connectivity index (χ0n) is 19.2. The Morgan fingerprint density at radius 2 is 1.37 bits per heavy atom. The van der Waals surface area contributed by atoms with Crippen LogP contribution in [0.1, 0.15) is 17.2 Å². The maximum absolute atomic E-state index is 13.5. The highest BCUT2D eigenvalue weighted by Gasteiger charge is 2.28. The molecule has 1 saturated heterocycles. The Labute approximate surface area is 208 Å². The molecule has 5 aromatic rings. The van der Waals surface area contributed by atoms with Gasteiger partial charge >= 0.3 is 0 Å². The standard InChI is InChI=1S/C29H25FN4S/c30-24-13-11-21(12-14-24)25-19-35-29-26(25)28(31-20-32-29)34-17-15-33(16-18-34)27(22-7-3-1-4-8-22)23-9-5-2-6-10-23/h1-14,19-20,27H,15-18H2. The number of aromatic nitrogens is 2. The van der Waals surface area contributed by atoms with Gasteiger partial charge in [-0.3, -0.25) is 4.90 Å². The van der Waals surface area contributed by atoms with Gasteiger partial charge in [-0.05, 0) is 28.8 Å². The predicted molar refractivity (Wildman–Crippen MR) is 141 cm³/mol. The molecule has 0 saturated carbocycles. The second-order valence-electron chi connectivity index (χ2n) is 8.78. The largest absolute Gasteiger partial charge is 0.353 e. The van der Waals surface area contributed by atoms with E-state index >= 15 is 0 Å². The van der Waals surface area contributed by atoms with Gasteiger partial charge < -0.3 is 4.90 Å². The van der Waals surface area contributed by atoms with Crippen LogP contribution in [0.2, 0.25) is 0 Å². The zero-order valence-corrected chi connectivity index (χ0v) is 20.0. The molecule has 1 aliphatic heterocycles. The molecule has 6 heteroatoms. The third-order valence-electron chi connectivity index (χ3n) is 6.72. The van der Waals surface area contributed by atoms with Crippen LogP contribution < -0.4 is 4.90 Å². The Kier molecular flexibility index (Phi) is 5.98. The summed E-state index contributed by atoms with van der Waals surface area (Å²) in [5.74, 6) is 0.735. The summed E-state index contributed by atoms with van der Waals surface area (Å²) in [7, 11) is 0. The van der Waals surface area contributed by atoms with Crippen LogP contribution >= 0.6 is 11.3 Å². The van der Waals surface area contributed by atoms with Crippen molar-refractivity contribution in [3.8, 4) is 11.1 Å². The molecule has 35 heavy (non-hydrogen) atoms. The van der Waals surface area contributed by atoms with Crippen LogP contribution in [0.25, 0.3) is 21.3 Å². The molecule has 3 aromatic carbocycles. The summed E-state index contributed by atoms with van der Waals surface area (Å²) in [6.45, 7) is 3.61. The van der Waals surface area contributed by atoms with E-state index in [1.54, 1.807) is 17.7 Å². The Hall–Kier alpha value is -3.61. The second-order valence-corrected chi connectivity index (χ2v) is 9.64. The molecule has 1 fully saturated rings. The van der Waals surface area contributed by atoms with Crippen molar-refractivity contribution in [2.45, 2.75) is 6.04 Å². The Morgan fingerprint density at radius 1 is 0.743 bits per heavy atom. The second kappa shape index (κ2) is 9.56. The average Bonchev–Trinajstić information content (AvgIpc) is 3.36. The molecule has 4 nitrogen and oxygen atoms in total. The number of nitrogens with zero attached hydrogens (tertiary/aromatic N) is 4. The van der Waals surface area contributed by atoms with Crippen molar-refractivity contribution >= 4 is 27.4 Å². The number of fused-ring (bicyclic) bond motifs is 1. The Bertz CT molecular complexity index is 1370. The monoisotopic (exact) mass is 480 g/mol. The lowest BCUT2D eigenvalue weighted by atomic mass is 9.96. The van der Waals surface area contributed by atoms with Crippen LogP contribution in [0.4, 0.5) is 10.2 Å². The van der Waals surface area contributed by atoms with E-state index in [2.05, 4.69) is 80.8 Å². The van der Waals surface area contributed by atoms with Crippen LogP contribution in [0.5, 0.6) is 0 Å². The number of hydrogen-bond donors (Lipinski definition) is 0. The fraction of sp³-hybridized carbons (Fsp3) is 0.172. The molecule has 2 aromatic heterocycles. The molecule has 0 amide bonds. The van der Waals surface area contributed by atoms with Crippen molar-refractivity contribution in [1.29, 1.82) is 0 Å². The molecule has 0 unspecified atom stereocenters. The summed E-state index contributed by atoms with van der Waals surface area (Å²) in [6.07, 6.45) is 1.66. The lowest BCUT2D eigenvalue weighted by Crippen LogP contribution is -2.48. The fourth-order valence-corrected chi connectivity index (χ4v) is 5.93.